The summed E-state index contributed by atoms with van der Waals surface area (Å²) in [7, 11) is 0. The van der Waals surface area contributed by atoms with E-state index in [9.17, 15) is 24.9 Å². The molecule has 6 aliphatic carbocycles. The largest absolute Gasteiger partial charge is 0.508 e. The zero-order valence-corrected chi connectivity index (χ0v) is 34.1. The monoisotopic (exact) mass is 781 g/mol. The number of aliphatic carboxylic acids is 1. The smallest absolute Gasteiger partial charge is 0.308 e. The molecule has 2 fully saturated rings. The fraction of sp³-hybridized carbons (Fsp3) is 0.500. The molecular formula is C52H63NO5. The minimum Gasteiger partial charge on any atom is -0.508 e. The van der Waals surface area contributed by atoms with Gasteiger partial charge in [-0.05, 0) is 147 Å². The highest BCUT2D eigenvalue weighted by Crippen LogP contribution is 2.56. The van der Waals surface area contributed by atoms with Crippen molar-refractivity contribution in [3.63, 3.8) is 0 Å². The Morgan fingerprint density at radius 3 is 2.38 bits per heavy atom. The summed E-state index contributed by atoms with van der Waals surface area (Å²) in [5.41, 5.74) is 11.2. The van der Waals surface area contributed by atoms with Crippen LogP contribution in [-0.4, -0.2) is 40.7 Å². The number of carboxylic acid groups (broad SMARTS) is 1. The number of allylic oxidation sites excluding steroid dienone is 2. The predicted octanol–water partition coefficient (Wildman–Crippen LogP) is 8.30. The molecular weight excluding hydrogens is 719 g/mol. The van der Waals surface area contributed by atoms with Crippen LogP contribution in [0.3, 0.4) is 0 Å². The van der Waals surface area contributed by atoms with E-state index in [1.54, 1.807) is 0 Å². The number of phenols is 1. The van der Waals surface area contributed by atoms with Gasteiger partial charge in [-0.2, -0.15) is 0 Å². The Kier molecular flexibility index (Phi) is 12.2. The molecule has 306 valence electrons. The van der Waals surface area contributed by atoms with Crippen molar-refractivity contribution in [1.29, 1.82) is 0 Å². The number of rotatable bonds is 13. The number of aromatic hydroxyl groups is 1. The molecule has 2 saturated carbocycles. The van der Waals surface area contributed by atoms with Gasteiger partial charge in [-0.15, -0.1) is 0 Å². The van der Waals surface area contributed by atoms with Crippen LogP contribution in [0.4, 0.5) is 0 Å². The number of hydrogen-bond acceptors (Lipinski definition) is 5. The predicted molar refractivity (Wildman–Crippen MR) is 231 cm³/mol. The molecule has 4 bridgehead atoms. The van der Waals surface area contributed by atoms with Gasteiger partial charge in [-0.25, -0.2) is 0 Å². The first kappa shape index (κ1) is 40.5. The second-order valence-corrected chi connectivity index (χ2v) is 18.7. The van der Waals surface area contributed by atoms with Crippen molar-refractivity contribution in [3.05, 3.63) is 123 Å². The third-order valence-electron chi connectivity index (χ3n) is 15.5. The van der Waals surface area contributed by atoms with Crippen molar-refractivity contribution in [3.8, 4) is 5.75 Å². The van der Waals surface area contributed by atoms with Crippen LogP contribution >= 0.6 is 0 Å². The van der Waals surface area contributed by atoms with Gasteiger partial charge in [-0.3, -0.25) is 4.79 Å². The lowest BCUT2D eigenvalue weighted by Gasteiger charge is -2.50. The molecule has 1 spiro atoms. The number of carbonyl (C=O) groups excluding carboxylic acids is 1. The van der Waals surface area contributed by atoms with Crippen molar-refractivity contribution >= 4 is 24.4 Å². The molecule has 0 saturated heterocycles. The number of aliphatic hydroxyl groups excluding tert-OH is 1. The summed E-state index contributed by atoms with van der Waals surface area (Å²) in [5.74, 6) is -0.568. The fourth-order valence-electron chi connectivity index (χ4n) is 12.6. The molecule has 3 aromatic carbocycles. The Labute approximate surface area is 344 Å². The van der Waals surface area contributed by atoms with Crippen LogP contribution in [0.25, 0.3) is 12.2 Å². The number of fused-ring (bicyclic) bond motifs is 6. The Morgan fingerprint density at radius 1 is 0.845 bits per heavy atom. The van der Waals surface area contributed by atoms with Crippen LogP contribution < -0.4 is 16.2 Å². The molecule has 6 nitrogen and oxygen atoms in total. The van der Waals surface area contributed by atoms with Crippen LogP contribution in [0.2, 0.25) is 0 Å². The first-order valence-electron chi connectivity index (χ1n) is 22.3. The summed E-state index contributed by atoms with van der Waals surface area (Å²) >= 11 is 0. The molecule has 6 heteroatoms. The zero-order valence-electron chi connectivity index (χ0n) is 34.1. The van der Waals surface area contributed by atoms with E-state index < -0.39 is 23.2 Å². The molecule has 9 rings (SSSR count). The molecule has 0 aliphatic heterocycles. The lowest BCUT2D eigenvalue weighted by Crippen LogP contribution is -2.50. The molecule has 0 amide bonds. The van der Waals surface area contributed by atoms with Gasteiger partial charge >= 0.3 is 5.97 Å². The topological polar surface area (TPSA) is 121 Å². The standard InChI is InChI=1S/C52H63NO5/c53-24-21-35-13-14-40(25-35)42(33-54)10-2-1-3-11-46-27-36-19-22-51(46,45-15-17-48(56)18-16-45)31-37-7-6-12-47(28-37)52(49(50(57)58)44(26-36)34-55)23-20-41-29-38-8-4-5-9-39(38)30-43(41)32-52/h4-9,12,15-18,25-26,28-30,33,40-44,46,49,55-56H,1-3,10-11,13-14,19-24,27,31-32,34,53H2,(H,57,58)/b36-26+/t40-,41+,42+,43+,44-,46+,49-,51-,52+/m0/s1. The van der Waals surface area contributed by atoms with E-state index in [0.717, 1.165) is 102 Å². The van der Waals surface area contributed by atoms with Crippen LogP contribution in [-0.2, 0) is 26.8 Å². The third kappa shape index (κ3) is 8.04. The Morgan fingerprint density at radius 2 is 1.64 bits per heavy atom. The minimum atomic E-state index is -0.819. The number of aldehydes is 1. The maximum Gasteiger partial charge on any atom is 0.308 e. The van der Waals surface area contributed by atoms with Gasteiger partial charge in [-0.1, -0.05) is 115 Å². The van der Waals surface area contributed by atoms with Crippen LogP contribution in [0.1, 0.15) is 107 Å². The summed E-state index contributed by atoms with van der Waals surface area (Å²) in [5, 5.41) is 35.4. The van der Waals surface area contributed by atoms with Gasteiger partial charge < -0.3 is 25.8 Å². The maximum absolute atomic E-state index is 13.8. The van der Waals surface area contributed by atoms with Crippen molar-refractivity contribution in [2.24, 2.45) is 47.2 Å². The van der Waals surface area contributed by atoms with E-state index in [0.29, 0.717) is 18.4 Å². The molecule has 0 heterocycles. The maximum atomic E-state index is 13.8. The Balaban J connectivity index is 1.13. The first-order valence-corrected chi connectivity index (χ1v) is 22.3. The first-order chi connectivity index (χ1) is 28.2. The number of carboxylic acids is 1. The minimum absolute atomic E-state index is 0.0642. The van der Waals surface area contributed by atoms with E-state index in [1.165, 1.54) is 39.0 Å². The highest BCUT2D eigenvalue weighted by atomic mass is 16.4. The number of aliphatic hydroxyl groups is 1. The summed E-state index contributed by atoms with van der Waals surface area (Å²) in [4.78, 5) is 26.0. The summed E-state index contributed by atoms with van der Waals surface area (Å²) in [6.07, 6.45) is 24.4. The molecule has 5 N–H and O–H groups in total. The molecule has 0 aromatic heterocycles. The Hall–Kier alpha value is -4.26. The van der Waals surface area contributed by atoms with Crippen molar-refractivity contribution in [2.45, 2.75) is 107 Å². The van der Waals surface area contributed by atoms with Gasteiger partial charge in [0, 0.05) is 22.7 Å². The van der Waals surface area contributed by atoms with Crippen LogP contribution in [0, 0.1) is 41.4 Å². The number of hydrogen-bond donors (Lipinski definition) is 4. The number of benzene rings is 3. The van der Waals surface area contributed by atoms with Gasteiger partial charge in [0.25, 0.3) is 0 Å². The molecule has 3 aromatic rings. The van der Waals surface area contributed by atoms with E-state index in [-0.39, 0.29) is 35.5 Å². The molecule has 58 heavy (non-hydrogen) atoms. The third-order valence-corrected chi connectivity index (χ3v) is 15.5. The number of carbonyl (C=O) groups is 2. The van der Waals surface area contributed by atoms with Crippen molar-refractivity contribution < 1.29 is 24.9 Å². The average Bonchev–Trinajstić information content (AvgIpc) is 3.70. The van der Waals surface area contributed by atoms with Gasteiger partial charge in [0.05, 0.1) is 12.5 Å². The lowest BCUT2D eigenvalue weighted by atomic mass is 9.53. The number of unbranched alkanes of at least 4 members (excludes halogenated alkanes) is 2. The summed E-state index contributed by atoms with van der Waals surface area (Å²) < 4.78 is 0. The normalized spacial score (nSPS) is 31.6. The van der Waals surface area contributed by atoms with Crippen molar-refractivity contribution in [2.75, 3.05) is 13.2 Å². The molecule has 0 unspecified atom stereocenters. The average molecular weight is 782 g/mol. The lowest BCUT2D eigenvalue weighted by molar-refractivity contribution is -0.148. The van der Waals surface area contributed by atoms with E-state index in [1.807, 2.05) is 12.1 Å². The zero-order chi connectivity index (χ0) is 40.3. The fourth-order valence-corrected chi connectivity index (χ4v) is 12.6. The van der Waals surface area contributed by atoms with Gasteiger partial charge in [0.2, 0.25) is 0 Å². The Bertz CT molecular complexity index is 2140. The quantitative estimate of drug-likeness (QED) is 0.0787. The van der Waals surface area contributed by atoms with E-state index in [2.05, 4.69) is 85.0 Å². The van der Waals surface area contributed by atoms with Crippen LogP contribution in [0.15, 0.2) is 96.1 Å². The summed E-state index contributed by atoms with van der Waals surface area (Å²) in [6, 6.07) is 25.3. The molecule has 0 radical (unpaired) electrons. The molecule has 9 atom stereocenters. The highest BCUT2D eigenvalue weighted by Gasteiger charge is 2.53. The van der Waals surface area contributed by atoms with E-state index >= 15 is 0 Å². The number of phenolic OH excluding ortho intramolecular Hbond substituents is 1. The SMILES string of the molecule is NCCC1=C[C@@H]([C@@H](C=O)CCCCC[C@@H]2C/C3=C/[C@@H](CO)[C@@H](C(=O)O)[C@@]4(CC[C@@H]5C=c6ccccc6=C[C@@H]5C4)c4cccc(c4)C[C@]2(c2ccc(O)cc2)CC3)CC1. The van der Waals surface area contributed by atoms with E-state index in [4.69, 9.17) is 5.73 Å². The highest BCUT2D eigenvalue weighted by molar-refractivity contribution is 5.74. The van der Waals surface area contributed by atoms with Crippen molar-refractivity contribution in [1.82, 2.24) is 0 Å². The van der Waals surface area contributed by atoms with Crippen LogP contribution in [0.5, 0.6) is 5.75 Å². The second kappa shape index (κ2) is 17.5. The number of nitrogens with two attached hydrogens (primary N) is 1. The van der Waals surface area contributed by atoms with Gasteiger partial charge in [0.15, 0.2) is 0 Å². The molecule has 6 aliphatic rings. The van der Waals surface area contributed by atoms with Gasteiger partial charge in [0.1, 0.15) is 12.0 Å². The summed E-state index contributed by atoms with van der Waals surface area (Å²) in [6.45, 7) is 0.458. The second-order valence-electron chi connectivity index (χ2n) is 18.7.